The van der Waals surface area contributed by atoms with Gasteiger partial charge in [0.2, 0.25) is 11.8 Å². The molecule has 1 rings (SSSR count). The van der Waals surface area contributed by atoms with Crippen molar-refractivity contribution in [2.45, 2.75) is 27.2 Å². The minimum atomic E-state index is -0.263. The molecule has 0 fully saturated rings. The van der Waals surface area contributed by atoms with Crippen LogP contribution in [-0.2, 0) is 9.59 Å². The van der Waals surface area contributed by atoms with Gasteiger partial charge in [-0.3, -0.25) is 9.59 Å². The molecule has 0 unspecified atom stereocenters. The Balaban J connectivity index is 2.57. The van der Waals surface area contributed by atoms with Gasteiger partial charge in [0.1, 0.15) is 6.42 Å². The SMILES string of the molecule is CCN(CC)C(=O)CC(=O)Nc1ccccc1C. The number of rotatable bonds is 5. The molecule has 0 saturated heterocycles. The summed E-state index contributed by atoms with van der Waals surface area (Å²) in [6.07, 6.45) is -0.101. The predicted molar refractivity (Wildman–Crippen MR) is 72.4 cm³/mol. The van der Waals surface area contributed by atoms with E-state index in [4.69, 9.17) is 0 Å². The van der Waals surface area contributed by atoms with Crippen LogP contribution in [0.15, 0.2) is 24.3 Å². The third-order valence-electron chi connectivity index (χ3n) is 2.85. The first-order valence-electron chi connectivity index (χ1n) is 6.21. The van der Waals surface area contributed by atoms with Crippen molar-refractivity contribution in [3.05, 3.63) is 29.8 Å². The molecule has 0 aliphatic carbocycles. The van der Waals surface area contributed by atoms with Crippen LogP contribution < -0.4 is 5.32 Å². The minimum Gasteiger partial charge on any atom is -0.343 e. The lowest BCUT2D eigenvalue weighted by atomic mass is 10.2. The highest BCUT2D eigenvalue weighted by molar-refractivity contribution is 6.03. The van der Waals surface area contributed by atoms with E-state index in [9.17, 15) is 9.59 Å². The molecule has 1 N–H and O–H groups in total. The Kier molecular flexibility index (Phi) is 5.36. The second kappa shape index (κ2) is 6.79. The third-order valence-corrected chi connectivity index (χ3v) is 2.85. The van der Waals surface area contributed by atoms with Gasteiger partial charge in [-0.05, 0) is 32.4 Å². The number of amides is 2. The summed E-state index contributed by atoms with van der Waals surface area (Å²) in [6.45, 7) is 6.99. The summed E-state index contributed by atoms with van der Waals surface area (Å²) in [7, 11) is 0. The lowest BCUT2D eigenvalue weighted by Crippen LogP contribution is -2.33. The highest BCUT2D eigenvalue weighted by Crippen LogP contribution is 2.13. The van der Waals surface area contributed by atoms with Crippen LogP contribution in [0.1, 0.15) is 25.8 Å². The Hall–Kier alpha value is -1.84. The summed E-state index contributed by atoms with van der Waals surface area (Å²) in [6, 6.07) is 7.51. The second-order valence-electron chi connectivity index (χ2n) is 4.11. The number of carbonyl (C=O) groups excluding carboxylic acids is 2. The number of nitrogens with zero attached hydrogens (tertiary/aromatic N) is 1. The molecular formula is C14H20N2O2. The summed E-state index contributed by atoms with van der Waals surface area (Å²) in [5.74, 6) is -0.396. The first-order valence-corrected chi connectivity index (χ1v) is 6.21. The average molecular weight is 248 g/mol. The monoisotopic (exact) mass is 248 g/mol. The number of benzene rings is 1. The molecule has 0 radical (unpaired) electrons. The van der Waals surface area contributed by atoms with Gasteiger partial charge < -0.3 is 10.2 Å². The molecule has 0 aliphatic rings. The molecule has 1 aromatic carbocycles. The smallest absolute Gasteiger partial charge is 0.233 e. The van der Waals surface area contributed by atoms with Crippen LogP contribution >= 0.6 is 0 Å². The van der Waals surface area contributed by atoms with Crippen molar-refractivity contribution < 1.29 is 9.59 Å². The molecule has 0 aromatic heterocycles. The van der Waals surface area contributed by atoms with Crippen LogP contribution in [0, 0.1) is 6.92 Å². The fourth-order valence-corrected chi connectivity index (χ4v) is 1.73. The van der Waals surface area contributed by atoms with Crippen molar-refractivity contribution in [3.8, 4) is 0 Å². The van der Waals surface area contributed by atoms with E-state index >= 15 is 0 Å². The fourth-order valence-electron chi connectivity index (χ4n) is 1.73. The topological polar surface area (TPSA) is 49.4 Å². The molecule has 0 spiro atoms. The van der Waals surface area contributed by atoms with E-state index in [2.05, 4.69) is 5.32 Å². The van der Waals surface area contributed by atoms with Crippen LogP contribution in [0.3, 0.4) is 0 Å². The molecule has 0 saturated carbocycles. The van der Waals surface area contributed by atoms with Crippen molar-refractivity contribution in [3.63, 3.8) is 0 Å². The van der Waals surface area contributed by atoms with Gasteiger partial charge in [-0.1, -0.05) is 18.2 Å². The van der Waals surface area contributed by atoms with Crippen LogP contribution in [-0.4, -0.2) is 29.8 Å². The Labute approximate surface area is 108 Å². The fraction of sp³-hybridized carbons (Fsp3) is 0.429. The first-order chi connectivity index (χ1) is 8.58. The zero-order valence-electron chi connectivity index (χ0n) is 11.2. The molecule has 4 nitrogen and oxygen atoms in total. The molecule has 0 aliphatic heterocycles. The van der Waals surface area contributed by atoms with E-state index in [-0.39, 0.29) is 18.2 Å². The van der Waals surface area contributed by atoms with Crippen molar-refractivity contribution in [2.75, 3.05) is 18.4 Å². The van der Waals surface area contributed by atoms with Gasteiger partial charge in [-0.25, -0.2) is 0 Å². The van der Waals surface area contributed by atoms with Gasteiger partial charge in [0.05, 0.1) is 0 Å². The molecule has 98 valence electrons. The van der Waals surface area contributed by atoms with Crippen LogP contribution in [0.2, 0.25) is 0 Å². The number of hydrogen-bond donors (Lipinski definition) is 1. The summed E-state index contributed by atoms with van der Waals surface area (Å²) >= 11 is 0. The van der Waals surface area contributed by atoms with Gasteiger partial charge >= 0.3 is 0 Å². The highest BCUT2D eigenvalue weighted by Gasteiger charge is 2.14. The van der Waals surface area contributed by atoms with Crippen LogP contribution in [0.4, 0.5) is 5.69 Å². The summed E-state index contributed by atoms with van der Waals surface area (Å²) in [4.78, 5) is 25.2. The number of hydrogen-bond acceptors (Lipinski definition) is 2. The molecule has 0 atom stereocenters. The average Bonchev–Trinajstić information content (AvgIpc) is 2.33. The largest absolute Gasteiger partial charge is 0.343 e. The molecule has 0 bridgehead atoms. The van der Waals surface area contributed by atoms with Gasteiger partial charge in [0.15, 0.2) is 0 Å². The second-order valence-corrected chi connectivity index (χ2v) is 4.11. The maximum absolute atomic E-state index is 11.8. The molecule has 2 amide bonds. The van der Waals surface area contributed by atoms with E-state index in [0.717, 1.165) is 11.3 Å². The van der Waals surface area contributed by atoms with Crippen molar-refractivity contribution in [1.82, 2.24) is 4.90 Å². The number of anilines is 1. The van der Waals surface area contributed by atoms with Gasteiger partial charge in [0, 0.05) is 18.8 Å². The van der Waals surface area contributed by atoms with E-state index in [0.29, 0.717) is 13.1 Å². The molecule has 18 heavy (non-hydrogen) atoms. The molecule has 0 heterocycles. The molecule has 4 heteroatoms. The van der Waals surface area contributed by atoms with E-state index in [1.54, 1.807) is 4.90 Å². The Morgan fingerprint density at radius 3 is 2.33 bits per heavy atom. The van der Waals surface area contributed by atoms with E-state index in [1.165, 1.54) is 0 Å². The molecular weight excluding hydrogens is 228 g/mol. The van der Waals surface area contributed by atoms with Gasteiger partial charge in [-0.2, -0.15) is 0 Å². The summed E-state index contributed by atoms with van der Waals surface area (Å²) in [5, 5.41) is 2.76. The van der Waals surface area contributed by atoms with E-state index in [1.807, 2.05) is 45.0 Å². The van der Waals surface area contributed by atoms with Crippen molar-refractivity contribution >= 4 is 17.5 Å². The maximum atomic E-state index is 11.8. The standard InChI is InChI=1S/C14H20N2O2/c1-4-16(5-2)14(18)10-13(17)15-12-9-7-6-8-11(12)3/h6-9H,4-5,10H2,1-3H3,(H,15,17). The predicted octanol–water partition coefficient (Wildman–Crippen LogP) is 2.19. The zero-order valence-corrected chi connectivity index (χ0v) is 11.2. The van der Waals surface area contributed by atoms with Crippen molar-refractivity contribution in [1.29, 1.82) is 0 Å². The minimum absolute atomic E-state index is 0.101. The van der Waals surface area contributed by atoms with E-state index < -0.39 is 0 Å². The zero-order chi connectivity index (χ0) is 13.5. The lowest BCUT2D eigenvalue weighted by Gasteiger charge is -2.18. The number of aryl methyl sites for hydroxylation is 1. The van der Waals surface area contributed by atoms with Crippen molar-refractivity contribution in [2.24, 2.45) is 0 Å². The Bertz CT molecular complexity index is 426. The lowest BCUT2D eigenvalue weighted by molar-refractivity contribution is -0.134. The summed E-state index contributed by atoms with van der Waals surface area (Å²) < 4.78 is 0. The van der Waals surface area contributed by atoms with Gasteiger partial charge in [-0.15, -0.1) is 0 Å². The molecule has 1 aromatic rings. The Morgan fingerprint density at radius 1 is 1.17 bits per heavy atom. The summed E-state index contributed by atoms with van der Waals surface area (Å²) in [5.41, 5.74) is 1.75. The van der Waals surface area contributed by atoms with Crippen LogP contribution in [0.25, 0.3) is 0 Å². The Morgan fingerprint density at radius 2 is 1.78 bits per heavy atom. The number of nitrogens with one attached hydrogen (secondary N) is 1. The maximum Gasteiger partial charge on any atom is 0.233 e. The first kappa shape index (κ1) is 14.2. The quantitative estimate of drug-likeness (QED) is 0.812. The number of carbonyl (C=O) groups is 2. The normalized spacial score (nSPS) is 9.94. The third kappa shape index (κ3) is 3.87. The van der Waals surface area contributed by atoms with Crippen LogP contribution in [0.5, 0.6) is 0 Å². The van der Waals surface area contributed by atoms with Gasteiger partial charge in [0.25, 0.3) is 0 Å². The number of para-hydroxylation sites is 1. The highest BCUT2D eigenvalue weighted by atomic mass is 16.2.